The lowest BCUT2D eigenvalue weighted by molar-refractivity contribution is 0.0919. The lowest BCUT2D eigenvalue weighted by Gasteiger charge is -2.09. The molecule has 2 aromatic rings. The maximum Gasteiger partial charge on any atom is 0.272 e. The van der Waals surface area contributed by atoms with E-state index in [4.69, 9.17) is 5.11 Å². The predicted octanol–water partition coefficient (Wildman–Crippen LogP) is 1.32. The minimum absolute atomic E-state index is 0.0764. The van der Waals surface area contributed by atoms with E-state index in [1.807, 2.05) is 28.8 Å². The molecular formula is C14H17N3O2. The molecule has 1 aliphatic rings. The summed E-state index contributed by atoms with van der Waals surface area (Å²) in [4.78, 5) is 16.7. The molecule has 2 aromatic heterocycles. The van der Waals surface area contributed by atoms with Gasteiger partial charge in [0.1, 0.15) is 5.82 Å². The van der Waals surface area contributed by atoms with Gasteiger partial charge in [0.2, 0.25) is 0 Å². The molecule has 0 aromatic carbocycles. The molecule has 0 radical (unpaired) electrons. The van der Waals surface area contributed by atoms with Crippen LogP contribution in [0, 0.1) is 0 Å². The van der Waals surface area contributed by atoms with Gasteiger partial charge in [0.05, 0.1) is 12.1 Å². The van der Waals surface area contributed by atoms with Crippen LogP contribution in [0.5, 0.6) is 0 Å². The molecule has 19 heavy (non-hydrogen) atoms. The van der Waals surface area contributed by atoms with Gasteiger partial charge in [-0.15, -0.1) is 0 Å². The third-order valence-corrected chi connectivity index (χ3v) is 3.38. The number of imidazole rings is 1. The molecule has 0 spiro atoms. The van der Waals surface area contributed by atoms with Crippen LogP contribution in [0.1, 0.15) is 42.0 Å². The summed E-state index contributed by atoms with van der Waals surface area (Å²) >= 11 is 0. The highest BCUT2D eigenvalue weighted by atomic mass is 16.3. The summed E-state index contributed by atoms with van der Waals surface area (Å²) < 4.78 is 2.00. The van der Waals surface area contributed by atoms with Crippen LogP contribution in [0.15, 0.2) is 24.4 Å². The molecular weight excluding hydrogens is 242 g/mol. The summed E-state index contributed by atoms with van der Waals surface area (Å²) in [6.45, 7) is 1.69. The van der Waals surface area contributed by atoms with E-state index in [1.165, 1.54) is 0 Å². The summed E-state index contributed by atoms with van der Waals surface area (Å²) in [5.41, 5.74) is 1.27. The van der Waals surface area contributed by atoms with E-state index in [9.17, 15) is 4.79 Å². The quantitative estimate of drug-likeness (QED) is 0.870. The van der Waals surface area contributed by atoms with Crippen LogP contribution in [0.3, 0.4) is 0 Å². The average Bonchev–Trinajstić information content (AvgIpc) is 3.19. The van der Waals surface area contributed by atoms with Crippen LogP contribution in [0.25, 0.3) is 5.52 Å². The molecule has 2 N–H and O–H groups in total. The highest BCUT2D eigenvalue weighted by molar-refractivity contribution is 5.99. The Balaban J connectivity index is 2.01. The second-order valence-corrected chi connectivity index (χ2v) is 5.11. The van der Waals surface area contributed by atoms with Crippen molar-refractivity contribution in [1.82, 2.24) is 14.7 Å². The molecule has 100 valence electrons. The summed E-state index contributed by atoms with van der Waals surface area (Å²) in [6, 6.07) is 5.48. The zero-order valence-corrected chi connectivity index (χ0v) is 10.8. The summed E-state index contributed by atoms with van der Waals surface area (Å²) in [7, 11) is 0. The Morgan fingerprint density at radius 3 is 3.05 bits per heavy atom. The van der Waals surface area contributed by atoms with E-state index in [0.29, 0.717) is 11.6 Å². The van der Waals surface area contributed by atoms with Gasteiger partial charge in [0.25, 0.3) is 5.91 Å². The van der Waals surface area contributed by atoms with E-state index in [1.54, 1.807) is 6.92 Å². The van der Waals surface area contributed by atoms with E-state index in [2.05, 4.69) is 10.3 Å². The zero-order valence-electron chi connectivity index (χ0n) is 10.8. The Hall–Kier alpha value is -1.88. The van der Waals surface area contributed by atoms with Crippen LogP contribution in [-0.2, 0) is 0 Å². The molecule has 0 bridgehead atoms. The zero-order chi connectivity index (χ0) is 13.4. The van der Waals surface area contributed by atoms with Gasteiger partial charge < -0.3 is 14.8 Å². The predicted molar refractivity (Wildman–Crippen MR) is 71.2 cm³/mol. The Morgan fingerprint density at radius 1 is 1.58 bits per heavy atom. The number of aliphatic hydroxyl groups excluding tert-OH is 1. The fourth-order valence-electron chi connectivity index (χ4n) is 2.20. The van der Waals surface area contributed by atoms with Gasteiger partial charge in [0, 0.05) is 18.2 Å². The first-order chi connectivity index (χ1) is 9.20. The first-order valence-corrected chi connectivity index (χ1v) is 6.59. The van der Waals surface area contributed by atoms with Crippen molar-refractivity contribution in [2.45, 2.75) is 31.7 Å². The topological polar surface area (TPSA) is 66.6 Å². The van der Waals surface area contributed by atoms with Crippen molar-refractivity contribution >= 4 is 11.4 Å². The lowest BCUT2D eigenvalue weighted by atomic mass is 10.3. The van der Waals surface area contributed by atoms with E-state index >= 15 is 0 Å². The minimum atomic E-state index is -0.266. The number of fused-ring (bicyclic) bond motifs is 1. The normalized spacial score (nSPS) is 16.5. The van der Waals surface area contributed by atoms with Crippen molar-refractivity contribution < 1.29 is 9.90 Å². The smallest absolute Gasteiger partial charge is 0.272 e. The Labute approximate surface area is 111 Å². The van der Waals surface area contributed by atoms with Crippen molar-refractivity contribution in [3.8, 4) is 0 Å². The first-order valence-electron chi connectivity index (χ1n) is 6.59. The Kier molecular flexibility index (Phi) is 2.98. The molecule has 0 aliphatic heterocycles. The molecule has 5 heteroatoms. The van der Waals surface area contributed by atoms with Crippen molar-refractivity contribution in [2.24, 2.45) is 0 Å². The number of pyridine rings is 1. The number of rotatable bonds is 4. The number of nitrogens with zero attached hydrogens (tertiary/aromatic N) is 2. The van der Waals surface area contributed by atoms with Crippen LogP contribution < -0.4 is 5.32 Å². The van der Waals surface area contributed by atoms with Gasteiger partial charge in [-0.25, -0.2) is 4.98 Å². The average molecular weight is 259 g/mol. The van der Waals surface area contributed by atoms with E-state index < -0.39 is 0 Å². The second-order valence-electron chi connectivity index (χ2n) is 5.11. The third kappa shape index (κ3) is 2.21. The summed E-state index contributed by atoms with van der Waals surface area (Å²) in [5.74, 6) is 1.22. The van der Waals surface area contributed by atoms with Gasteiger partial charge in [-0.1, -0.05) is 6.07 Å². The Bertz CT molecular complexity index is 616. The molecule has 1 atom stereocenters. The van der Waals surface area contributed by atoms with Crippen molar-refractivity contribution in [3.05, 3.63) is 35.9 Å². The largest absolute Gasteiger partial charge is 0.394 e. The highest BCUT2D eigenvalue weighted by Crippen LogP contribution is 2.39. The summed E-state index contributed by atoms with van der Waals surface area (Å²) in [6.07, 6.45) is 4.23. The Morgan fingerprint density at radius 2 is 2.37 bits per heavy atom. The van der Waals surface area contributed by atoms with Crippen molar-refractivity contribution in [1.29, 1.82) is 0 Å². The standard InChI is InChI=1S/C14H17N3O2/c1-9(8-18)15-14(19)12-11-4-2-3-7-17(11)13(16-12)10-5-6-10/h2-4,7,9-10,18H,5-6,8H2,1H3,(H,15,19). The number of nitrogens with one attached hydrogen (secondary N) is 1. The number of aromatic nitrogens is 2. The molecule has 1 unspecified atom stereocenters. The number of carbonyl (C=O) groups is 1. The van der Waals surface area contributed by atoms with Gasteiger partial charge >= 0.3 is 0 Å². The van der Waals surface area contributed by atoms with Gasteiger partial charge in [-0.2, -0.15) is 0 Å². The fourth-order valence-corrected chi connectivity index (χ4v) is 2.20. The molecule has 2 heterocycles. The minimum Gasteiger partial charge on any atom is -0.394 e. The SMILES string of the molecule is CC(CO)NC(=O)c1nc(C2CC2)n2ccccc12. The van der Waals surface area contributed by atoms with Gasteiger partial charge in [-0.05, 0) is 31.9 Å². The third-order valence-electron chi connectivity index (χ3n) is 3.38. The maximum atomic E-state index is 12.2. The van der Waals surface area contributed by atoms with Gasteiger partial charge in [0.15, 0.2) is 5.69 Å². The molecule has 1 amide bonds. The van der Waals surface area contributed by atoms with E-state index in [0.717, 1.165) is 24.2 Å². The molecule has 0 saturated heterocycles. The number of hydrogen-bond acceptors (Lipinski definition) is 3. The number of aliphatic hydroxyl groups is 1. The molecule has 1 aliphatic carbocycles. The highest BCUT2D eigenvalue weighted by Gasteiger charge is 2.30. The number of amides is 1. The number of carbonyl (C=O) groups excluding carboxylic acids is 1. The first kappa shape index (κ1) is 12.2. The summed E-state index contributed by atoms with van der Waals surface area (Å²) in [5, 5.41) is 11.8. The van der Waals surface area contributed by atoms with E-state index in [-0.39, 0.29) is 18.6 Å². The van der Waals surface area contributed by atoms with Gasteiger partial charge in [-0.3, -0.25) is 4.79 Å². The molecule has 1 fully saturated rings. The monoisotopic (exact) mass is 259 g/mol. The van der Waals surface area contributed by atoms with Crippen LogP contribution in [0.2, 0.25) is 0 Å². The van der Waals surface area contributed by atoms with Crippen molar-refractivity contribution in [2.75, 3.05) is 6.61 Å². The van der Waals surface area contributed by atoms with Crippen LogP contribution in [0.4, 0.5) is 0 Å². The maximum absolute atomic E-state index is 12.2. The van der Waals surface area contributed by atoms with Crippen molar-refractivity contribution in [3.63, 3.8) is 0 Å². The number of hydrogen-bond donors (Lipinski definition) is 2. The molecule has 5 nitrogen and oxygen atoms in total. The molecule has 3 rings (SSSR count). The lowest BCUT2D eigenvalue weighted by Crippen LogP contribution is -2.35. The fraction of sp³-hybridized carbons (Fsp3) is 0.429. The van der Waals surface area contributed by atoms with Crippen LogP contribution >= 0.6 is 0 Å². The van der Waals surface area contributed by atoms with Crippen LogP contribution in [-0.4, -0.2) is 33.0 Å². The molecule has 1 saturated carbocycles. The second kappa shape index (κ2) is 4.66.